The molecule has 2 unspecified atom stereocenters. The number of nitriles is 1. The molecule has 0 amide bonds. The van der Waals surface area contributed by atoms with Gasteiger partial charge in [0.15, 0.2) is 0 Å². The Hall–Kier alpha value is -1.74. The summed E-state index contributed by atoms with van der Waals surface area (Å²) < 4.78 is 39.8. The molecule has 0 radical (unpaired) electrons. The summed E-state index contributed by atoms with van der Waals surface area (Å²) in [5, 5.41) is 12.2. The van der Waals surface area contributed by atoms with Gasteiger partial charge in [0.2, 0.25) is 0 Å². The molecule has 1 N–H and O–H groups in total. The smallest absolute Gasteiger partial charge is 0.406 e. The molecule has 2 atom stereocenters. The zero-order valence-corrected chi connectivity index (χ0v) is 10.8. The minimum atomic E-state index is -4.66. The molecule has 1 aromatic rings. The number of rotatable bonds is 4. The second kappa shape index (κ2) is 6.14. The van der Waals surface area contributed by atoms with Crippen LogP contribution in [0.15, 0.2) is 24.3 Å². The maximum atomic E-state index is 12.0. The first kappa shape index (κ1) is 14.7. The molecule has 3 nitrogen and oxygen atoms in total. The van der Waals surface area contributed by atoms with Gasteiger partial charge in [-0.1, -0.05) is 18.6 Å². The van der Waals surface area contributed by atoms with Crippen molar-refractivity contribution in [3.8, 4) is 11.8 Å². The normalized spacial score (nSPS) is 22.5. The van der Waals surface area contributed by atoms with E-state index in [-0.39, 0.29) is 17.7 Å². The summed E-state index contributed by atoms with van der Waals surface area (Å²) in [5.41, 5.74) is 0.864. The summed E-state index contributed by atoms with van der Waals surface area (Å²) in [7, 11) is 0. The molecular weight excluding hydrogens is 269 g/mol. The summed E-state index contributed by atoms with van der Waals surface area (Å²) in [6.07, 6.45) is -1.75. The minimum absolute atomic E-state index is 0.0304. The van der Waals surface area contributed by atoms with Crippen LogP contribution < -0.4 is 10.1 Å². The fourth-order valence-electron chi connectivity index (χ4n) is 2.42. The molecule has 0 spiro atoms. The molecule has 0 bridgehead atoms. The van der Waals surface area contributed by atoms with Crippen molar-refractivity contribution in [3.63, 3.8) is 0 Å². The Morgan fingerprint density at radius 1 is 1.25 bits per heavy atom. The van der Waals surface area contributed by atoms with Crippen LogP contribution in [0, 0.1) is 17.2 Å². The monoisotopic (exact) mass is 284 g/mol. The number of nitrogens with zero attached hydrogens (tertiary/aromatic N) is 1. The highest BCUT2D eigenvalue weighted by molar-refractivity contribution is 5.27. The standard InChI is InChI=1S/C14H15F3N2O/c15-14(16,17)20-12-6-4-10(5-7-12)9-19-13-3-1-2-11(13)8-18/h4-7,11,13,19H,1-3,9H2. The van der Waals surface area contributed by atoms with Gasteiger partial charge in [-0.15, -0.1) is 13.2 Å². The molecule has 1 aromatic carbocycles. The van der Waals surface area contributed by atoms with Gasteiger partial charge in [0, 0.05) is 12.6 Å². The molecule has 1 aliphatic rings. The highest BCUT2D eigenvalue weighted by Gasteiger charge is 2.31. The van der Waals surface area contributed by atoms with E-state index >= 15 is 0 Å². The van der Waals surface area contributed by atoms with Gasteiger partial charge < -0.3 is 10.1 Å². The van der Waals surface area contributed by atoms with Gasteiger partial charge in [-0.2, -0.15) is 5.26 Å². The molecule has 0 saturated heterocycles. The quantitative estimate of drug-likeness (QED) is 0.922. The highest BCUT2D eigenvalue weighted by Crippen LogP contribution is 2.26. The predicted molar refractivity (Wildman–Crippen MR) is 66.7 cm³/mol. The highest BCUT2D eigenvalue weighted by atomic mass is 19.4. The lowest BCUT2D eigenvalue weighted by Gasteiger charge is -2.15. The molecule has 0 heterocycles. The molecule has 1 fully saturated rings. The van der Waals surface area contributed by atoms with E-state index in [1.54, 1.807) is 12.1 Å². The Labute approximate surface area is 115 Å². The summed E-state index contributed by atoms with van der Waals surface area (Å²) in [4.78, 5) is 0. The number of hydrogen-bond acceptors (Lipinski definition) is 3. The maximum Gasteiger partial charge on any atom is 0.573 e. The molecule has 2 rings (SSSR count). The van der Waals surface area contributed by atoms with E-state index < -0.39 is 6.36 Å². The zero-order chi connectivity index (χ0) is 14.6. The first-order valence-corrected chi connectivity index (χ1v) is 6.45. The fraction of sp³-hybridized carbons (Fsp3) is 0.500. The van der Waals surface area contributed by atoms with Crippen molar-refractivity contribution in [2.24, 2.45) is 5.92 Å². The minimum Gasteiger partial charge on any atom is -0.406 e. The topological polar surface area (TPSA) is 45.0 Å². The summed E-state index contributed by atoms with van der Waals surface area (Å²) in [5.74, 6) is -0.195. The Kier molecular flexibility index (Phi) is 4.50. The van der Waals surface area contributed by atoms with E-state index in [1.807, 2.05) is 0 Å². The first-order chi connectivity index (χ1) is 9.48. The predicted octanol–water partition coefficient (Wildman–Crippen LogP) is 3.37. The lowest BCUT2D eigenvalue weighted by atomic mass is 10.1. The molecule has 6 heteroatoms. The van der Waals surface area contributed by atoms with Crippen LogP contribution in [-0.4, -0.2) is 12.4 Å². The third-order valence-electron chi connectivity index (χ3n) is 3.41. The van der Waals surface area contributed by atoms with Gasteiger partial charge in [-0.3, -0.25) is 0 Å². The van der Waals surface area contributed by atoms with Crippen molar-refractivity contribution in [1.29, 1.82) is 5.26 Å². The average molecular weight is 284 g/mol. The van der Waals surface area contributed by atoms with Gasteiger partial charge >= 0.3 is 6.36 Å². The first-order valence-electron chi connectivity index (χ1n) is 6.45. The molecule has 1 aliphatic carbocycles. The van der Waals surface area contributed by atoms with E-state index in [0.717, 1.165) is 24.8 Å². The number of nitrogens with one attached hydrogen (secondary N) is 1. The van der Waals surface area contributed by atoms with Crippen molar-refractivity contribution in [2.45, 2.75) is 38.2 Å². The number of halogens is 3. The Morgan fingerprint density at radius 2 is 1.95 bits per heavy atom. The van der Waals surface area contributed by atoms with Gasteiger partial charge in [-0.25, -0.2) is 0 Å². The van der Waals surface area contributed by atoms with Crippen molar-refractivity contribution in [3.05, 3.63) is 29.8 Å². The Morgan fingerprint density at radius 3 is 2.55 bits per heavy atom. The van der Waals surface area contributed by atoms with Gasteiger partial charge in [0.1, 0.15) is 5.75 Å². The summed E-state index contributed by atoms with van der Waals surface area (Å²) in [6, 6.07) is 8.21. The lowest BCUT2D eigenvalue weighted by molar-refractivity contribution is -0.274. The Balaban J connectivity index is 1.86. The summed E-state index contributed by atoms with van der Waals surface area (Å²) in [6.45, 7) is 0.537. The average Bonchev–Trinajstić information content (AvgIpc) is 2.83. The molecule has 0 aliphatic heterocycles. The molecule has 108 valence electrons. The largest absolute Gasteiger partial charge is 0.573 e. The van der Waals surface area contributed by atoms with Crippen LogP contribution in [0.1, 0.15) is 24.8 Å². The third kappa shape index (κ3) is 4.14. The van der Waals surface area contributed by atoms with Crippen LogP contribution in [0.25, 0.3) is 0 Å². The van der Waals surface area contributed by atoms with Crippen molar-refractivity contribution in [2.75, 3.05) is 0 Å². The van der Waals surface area contributed by atoms with E-state index in [0.29, 0.717) is 6.54 Å². The van der Waals surface area contributed by atoms with Crippen LogP contribution in [-0.2, 0) is 6.54 Å². The number of hydrogen-bond donors (Lipinski definition) is 1. The third-order valence-corrected chi connectivity index (χ3v) is 3.41. The second-order valence-electron chi connectivity index (χ2n) is 4.85. The number of ether oxygens (including phenoxy) is 1. The molecule has 0 aromatic heterocycles. The number of benzene rings is 1. The van der Waals surface area contributed by atoms with Crippen LogP contribution in [0.3, 0.4) is 0 Å². The van der Waals surface area contributed by atoms with Gasteiger partial charge in [-0.05, 0) is 30.5 Å². The van der Waals surface area contributed by atoms with E-state index in [1.165, 1.54) is 12.1 Å². The zero-order valence-electron chi connectivity index (χ0n) is 10.8. The summed E-state index contributed by atoms with van der Waals surface area (Å²) >= 11 is 0. The van der Waals surface area contributed by atoms with Gasteiger partial charge in [0.25, 0.3) is 0 Å². The van der Waals surface area contributed by atoms with Gasteiger partial charge in [0.05, 0.1) is 12.0 Å². The molecular formula is C14H15F3N2O. The second-order valence-corrected chi connectivity index (χ2v) is 4.85. The van der Waals surface area contributed by atoms with Crippen LogP contribution in [0.2, 0.25) is 0 Å². The number of alkyl halides is 3. The van der Waals surface area contributed by atoms with E-state index in [2.05, 4.69) is 16.1 Å². The SMILES string of the molecule is N#CC1CCCC1NCc1ccc(OC(F)(F)F)cc1. The van der Waals surface area contributed by atoms with Crippen LogP contribution in [0.5, 0.6) is 5.75 Å². The maximum absolute atomic E-state index is 12.0. The van der Waals surface area contributed by atoms with Crippen LogP contribution >= 0.6 is 0 Å². The Bertz CT molecular complexity index is 479. The van der Waals surface area contributed by atoms with Crippen molar-refractivity contribution < 1.29 is 17.9 Å². The van der Waals surface area contributed by atoms with Crippen molar-refractivity contribution in [1.82, 2.24) is 5.32 Å². The molecule has 20 heavy (non-hydrogen) atoms. The fourth-order valence-corrected chi connectivity index (χ4v) is 2.42. The van der Waals surface area contributed by atoms with E-state index in [9.17, 15) is 13.2 Å². The van der Waals surface area contributed by atoms with Crippen molar-refractivity contribution >= 4 is 0 Å². The lowest BCUT2D eigenvalue weighted by Crippen LogP contribution is -2.31. The van der Waals surface area contributed by atoms with E-state index in [4.69, 9.17) is 5.26 Å². The van der Waals surface area contributed by atoms with Crippen LogP contribution in [0.4, 0.5) is 13.2 Å². The molecule has 1 saturated carbocycles.